The van der Waals surface area contributed by atoms with Gasteiger partial charge in [-0.15, -0.1) is 0 Å². The fourth-order valence-electron chi connectivity index (χ4n) is 2.99. The number of hydrogen-bond donors (Lipinski definition) is 3. The second kappa shape index (κ2) is 6.77. The highest BCUT2D eigenvalue weighted by Crippen LogP contribution is 2.34. The standard InChI is InChI=1S/C15H24N2O3/c18-13(19)11-15(8-4-9-15)17-14(20)16-10-7-12-5-2-1-3-6-12/h5H,1-4,6-11H2,(H,18,19)(H2,16,17,20). The van der Waals surface area contributed by atoms with Crippen LogP contribution in [0, 0.1) is 0 Å². The maximum atomic E-state index is 11.8. The minimum atomic E-state index is -0.850. The molecule has 1 fully saturated rings. The van der Waals surface area contributed by atoms with Gasteiger partial charge >= 0.3 is 12.0 Å². The van der Waals surface area contributed by atoms with Gasteiger partial charge in [-0.3, -0.25) is 4.79 Å². The van der Waals surface area contributed by atoms with E-state index in [1.54, 1.807) is 0 Å². The van der Waals surface area contributed by atoms with Crippen LogP contribution in [0.3, 0.4) is 0 Å². The molecule has 2 rings (SSSR count). The van der Waals surface area contributed by atoms with Crippen molar-refractivity contribution in [1.29, 1.82) is 0 Å². The van der Waals surface area contributed by atoms with Crippen molar-refractivity contribution in [3.63, 3.8) is 0 Å². The molecule has 0 bridgehead atoms. The number of carboxylic acids is 1. The van der Waals surface area contributed by atoms with Crippen molar-refractivity contribution in [3.8, 4) is 0 Å². The Kier molecular flexibility index (Phi) is 5.04. The topological polar surface area (TPSA) is 78.4 Å². The molecule has 2 aliphatic carbocycles. The number of carboxylic acid groups (broad SMARTS) is 1. The Morgan fingerprint density at radius 2 is 2.05 bits per heavy atom. The van der Waals surface area contributed by atoms with E-state index in [4.69, 9.17) is 5.11 Å². The largest absolute Gasteiger partial charge is 0.481 e. The van der Waals surface area contributed by atoms with Gasteiger partial charge in [0.25, 0.3) is 0 Å². The lowest BCUT2D eigenvalue weighted by Gasteiger charge is -2.41. The number of carbonyl (C=O) groups is 2. The average Bonchev–Trinajstić information content (AvgIpc) is 2.37. The summed E-state index contributed by atoms with van der Waals surface area (Å²) in [6, 6.07) is -0.234. The molecule has 0 atom stereocenters. The fraction of sp³-hybridized carbons (Fsp3) is 0.733. The third-order valence-corrected chi connectivity index (χ3v) is 4.30. The SMILES string of the molecule is O=C(O)CC1(NC(=O)NCCC2=CCCCC2)CCC1. The van der Waals surface area contributed by atoms with Gasteiger partial charge in [0.05, 0.1) is 12.0 Å². The molecule has 20 heavy (non-hydrogen) atoms. The minimum absolute atomic E-state index is 0.0194. The first-order chi connectivity index (χ1) is 9.60. The molecule has 0 heterocycles. The highest BCUT2D eigenvalue weighted by atomic mass is 16.4. The zero-order valence-corrected chi connectivity index (χ0v) is 11.9. The number of carbonyl (C=O) groups excluding carboxylic acids is 1. The first kappa shape index (κ1) is 14.9. The molecule has 2 amide bonds. The van der Waals surface area contributed by atoms with E-state index in [1.807, 2.05) is 0 Å². The van der Waals surface area contributed by atoms with Gasteiger partial charge in [0.2, 0.25) is 0 Å². The highest BCUT2D eigenvalue weighted by molar-refractivity contribution is 5.77. The summed E-state index contributed by atoms with van der Waals surface area (Å²) in [7, 11) is 0. The monoisotopic (exact) mass is 280 g/mol. The Morgan fingerprint density at radius 1 is 1.25 bits per heavy atom. The van der Waals surface area contributed by atoms with Gasteiger partial charge in [-0.2, -0.15) is 0 Å². The molecule has 0 spiro atoms. The molecule has 0 aromatic heterocycles. The number of urea groups is 1. The predicted molar refractivity (Wildman–Crippen MR) is 76.5 cm³/mol. The summed E-state index contributed by atoms with van der Waals surface area (Å²) in [5.74, 6) is -0.850. The Balaban J connectivity index is 1.69. The van der Waals surface area contributed by atoms with Crippen LogP contribution < -0.4 is 10.6 Å². The van der Waals surface area contributed by atoms with E-state index >= 15 is 0 Å². The highest BCUT2D eigenvalue weighted by Gasteiger charge is 2.40. The molecule has 2 aliphatic rings. The Morgan fingerprint density at radius 3 is 2.60 bits per heavy atom. The number of rotatable bonds is 6. The second-order valence-electron chi connectivity index (χ2n) is 5.94. The van der Waals surface area contributed by atoms with Crippen LogP contribution in [0.5, 0.6) is 0 Å². The molecule has 0 unspecified atom stereocenters. The van der Waals surface area contributed by atoms with Gasteiger partial charge in [0.15, 0.2) is 0 Å². The van der Waals surface area contributed by atoms with E-state index < -0.39 is 11.5 Å². The summed E-state index contributed by atoms with van der Waals surface area (Å²) in [5.41, 5.74) is 0.917. The van der Waals surface area contributed by atoms with E-state index in [-0.39, 0.29) is 12.5 Å². The normalized spacial score (nSPS) is 20.5. The van der Waals surface area contributed by atoms with Crippen LogP contribution in [-0.2, 0) is 4.79 Å². The lowest BCUT2D eigenvalue weighted by molar-refractivity contribution is -0.139. The molecule has 0 saturated heterocycles. The molecule has 0 radical (unpaired) electrons. The minimum Gasteiger partial charge on any atom is -0.481 e. The third kappa shape index (κ3) is 4.25. The lowest BCUT2D eigenvalue weighted by atomic mass is 9.74. The van der Waals surface area contributed by atoms with E-state index in [9.17, 15) is 9.59 Å². The average molecular weight is 280 g/mol. The van der Waals surface area contributed by atoms with Crippen molar-refractivity contribution in [1.82, 2.24) is 10.6 Å². The summed E-state index contributed by atoms with van der Waals surface area (Å²) in [6.45, 7) is 0.626. The summed E-state index contributed by atoms with van der Waals surface area (Å²) < 4.78 is 0. The number of aliphatic carboxylic acids is 1. The molecular formula is C15H24N2O3. The van der Waals surface area contributed by atoms with Crippen LogP contribution in [0.1, 0.15) is 57.8 Å². The van der Waals surface area contributed by atoms with E-state index in [1.165, 1.54) is 18.4 Å². The van der Waals surface area contributed by atoms with Gasteiger partial charge in [-0.1, -0.05) is 11.6 Å². The van der Waals surface area contributed by atoms with Crippen molar-refractivity contribution in [2.45, 2.75) is 63.3 Å². The molecule has 1 saturated carbocycles. The molecule has 0 aliphatic heterocycles. The Labute approximate surface area is 119 Å². The molecule has 3 N–H and O–H groups in total. The predicted octanol–water partition coefficient (Wildman–Crippen LogP) is 2.57. The van der Waals surface area contributed by atoms with E-state index in [2.05, 4.69) is 16.7 Å². The van der Waals surface area contributed by atoms with Crippen molar-refractivity contribution in [2.75, 3.05) is 6.54 Å². The van der Waals surface area contributed by atoms with Gasteiger partial charge < -0.3 is 15.7 Å². The zero-order chi connectivity index (χ0) is 14.4. The van der Waals surface area contributed by atoms with Crippen molar-refractivity contribution < 1.29 is 14.7 Å². The second-order valence-corrected chi connectivity index (χ2v) is 5.94. The zero-order valence-electron chi connectivity index (χ0n) is 11.9. The molecule has 0 aromatic rings. The summed E-state index contributed by atoms with van der Waals surface area (Å²) in [6.07, 6.45) is 10.5. The number of nitrogens with one attached hydrogen (secondary N) is 2. The maximum Gasteiger partial charge on any atom is 0.315 e. The molecule has 112 valence electrons. The smallest absolute Gasteiger partial charge is 0.315 e. The molecule has 0 aromatic carbocycles. The lowest BCUT2D eigenvalue weighted by Crippen LogP contribution is -2.57. The van der Waals surface area contributed by atoms with Crippen LogP contribution >= 0.6 is 0 Å². The quantitative estimate of drug-likeness (QED) is 0.654. The Hall–Kier alpha value is -1.52. The summed E-state index contributed by atoms with van der Waals surface area (Å²) >= 11 is 0. The van der Waals surface area contributed by atoms with Gasteiger partial charge in [0, 0.05) is 6.54 Å². The van der Waals surface area contributed by atoms with Gasteiger partial charge in [0.1, 0.15) is 0 Å². The molecule has 5 heteroatoms. The first-order valence-corrected chi connectivity index (χ1v) is 7.55. The fourth-order valence-corrected chi connectivity index (χ4v) is 2.99. The van der Waals surface area contributed by atoms with Gasteiger partial charge in [-0.25, -0.2) is 4.79 Å². The van der Waals surface area contributed by atoms with Crippen LogP contribution in [0.15, 0.2) is 11.6 Å². The van der Waals surface area contributed by atoms with Crippen molar-refractivity contribution in [2.24, 2.45) is 0 Å². The summed E-state index contributed by atoms with van der Waals surface area (Å²) in [4.78, 5) is 22.7. The van der Waals surface area contributed by atoms with Gasteiger partial charge in [-0.05, 0) is 51.4 Å². The first-order valence-electron chi connectivity index (χ1n) is 7.55. The van der Waals surface area contributed by atoms with Crippen molar-refractivity contribution in [3.05, 3.63) is 11.6 Å². The number of allylic oxidation sites excluding steroid dienone is 1. The third-order valence-electron chi connectivity index (χ3n) is 4.30. The van der Waals surface area contributed by atoms with Crippen LogP contribution in [0.25, 0.3) is 0 Å². The maximum absolute atomic E-state index is 11.8. The number of amides is 2. The van der Waals surface area contributed by atoms with Crippen LogP contribution in [-0.4, -0.2) is 29.2 Å². The van der Waals surface area contributed by atoms with Crippen LogP contribution in [0.2, 0.25) is 0 Å². The summed E-state index contributed by atoms with van der Waals surface area (Å²) in [5, 5.41) is 14.6. The Bertz CT molecular complexity index is 400. The van der Waals surface area contributed by atoms with Crippen molar-refractivity contribution >= 4 is 12.0 Å². The number of hydrogen-bond acceptors (Lipinski definition) is 2. The van der Waals surface area contributed by atoms with E-state index in [0.29, 0.717) is 6.54 Å². The van der Waals surface area contributed by atoms with Crippen LogP contribution in [0.4, 0.5) is 4.79 Å². The van der Waals surface area contributed by atoms with E-state index in [0.717, 1.165) is 38.5 Å². The molecule has 5 nitrogen and oxygen atoms in total. The molecular weight excluding hydrogens is 256 g/mol.